The van der Waals surface area contributed by atoms with Crippen molar-refractivity contribution in [3.05, 3.63) is 55.7 Å². The third kappa shape index (κ3) is 4.73. The molecule has 2 aromatic rings. The molecule has 1 aromatic heterocycles. The van der Waals surface area contributed by atoms with Crippen LogP contribution in [0.15, 0.2) is 30.3 Å². The number of aryl methyl sites for hydroxylation is 1. The van der Waals surface area contributed by atoms with Gasteiger partial charge in [-0.25, -0.2) is 0 Å². The summed E-state index contributed by atoms with van der Waals surface area (Å²) in [7, 11) is 0. The van der Waals surface area contributed by atoms with Crippen LogP contribution in [0, 0.1) is 6.92 Å². The second-order valence-corrected chi connectivity index (χ2v) is 7.25. The van der Waals surface area contributed by atoms with Crippen molar-refractivity contribution in [2.24, 2.45) is 0 Å². The number of carbonyl (C=O) groups excluding carboxylic acids is 1. The lowest BCUT2D eigenvalue weighted by Gasteiger charge is -2.14. The van der Waals surface area contributed by atoms with Crippen LogP contribution in [0.1, 0.15) is 22.2 Å². The molecule has 2 rings (SSSR count). The fourth-order valence-electron chi connectivity index (χ4n) is 2.14. The van der Waals surface area contributed by atoms with E-state index < -0.39 is 0 Å². The van der Waals surface area contributed by atoms with Gasteiger partial charge in [-0.1, -0.05) is 29.3 Å². The Bertz CT molecular complexity index is 619. The first-order valence-electron chi connectivity index (χ1n) is 6.73. The fourth-order valence-corrected chi connectivity index (χ4v) is 3.69. The van der Waals surface area contributed by atoms with Crippen molar-refractivity contribution in [2.45, 2.75) is 32.7 Å². The molecule has 5 heteroatoms. The van der Waals surface area contributed by atoms with E-state index in [1.165, 1.54) is 9.75 Å². The molecule has 112 valence electrons. The third-order valence-corrected chi connectivity index (χ3v) is 4.84. The van der Waals surface area contributed by atoms with Crippen LogP contribution in [-0.2, 0) is 17.6 Å². The number of benzene rings is 1. The van der Waals surface area contributed by atoms with E-state index in [1.54, 1.807) is 29.5 Å². The Labute approximate surface area is 139 Å². The zero-order chi connectivity index (χ0) is 15.4. The maximum Gasteiger partial charge on any atom is 0.224 e. The van der Waals surface area contributed by atoms with Gasteiger partial charge < -0.3 is 5.32 Å². The fraction of sp³-hybridized carbons (Fsp3) is 0.312. The van der Waals surface area contributed by atoms with Crippen molar-refractivity contribution in [3.8, 4) is 0 Å². The molecule has 1 amide bonds. The number of carbonyl (C=O) groups is 1. The second-order valence-electron chi connectivity index (χ2n) is 5.06. The van der Waals surface area contributed by atoms with Gasteiger partial charge in [-0.15, -0.1) is 11.3 Å². The van der Waals surface area contributed by atoms with Crippen LogP contribution < -0.4 is 5.32 Å². The van der Waals surface area contributed by atoms with Crippen LogP contribution in [0.25, 0.3) is 0 Å². The molecule has 0 saturated carbocycles. The summed E-state index contributed by atoms with van der Waals surface area (Å²) < 4.78 is 0. The highest BCUT2D eigenvalue weighted by molar-refractivity contribution is 7.11. The van der Waals surface area contributed by atoms with Crippen molar-refractivity contribution >= 4 is 40.4 Å². The molecular formula is C16H17Cl2NOS. The minimum Gasteiger partial charge on any atom is -0.353 e. The van der Waals surface area contributed by atoms with E-state index in [9.17, 15) is 4.79 Å². The molecule has 1 atom stereocenters. The lowest BCUT2D eigenvalue weighted by atomic mass is 10.1. The standard InChI is InChI=1S/C16H17Cl2NOS/c1-10(8-12-7-6-11(2)21-12)19-16(20)9-13-14(17)4-3-5-15(13)18/h3-7,10H,8-9H2,1-2H3,(H,19,20). The van der Waals surface area contributed by atoms with Crippen LogP contribution in [0.5, 0.6) is 0 Å². The van der Waals surface area contributed by atoms with Crippen LogP contribution in [-0.4, -0.2) is 11.9 Å². The lowest BCUT2D eigenvalue weighted by molar-refractivity contribution is -0.121. The van der Waals surface area contributed by atoms with E-state index in [-0.39, 0.29) is 18.4 Å². The molecule has 0 aliphatic carbocycles. The van der Waals surface area contributed by atoms with Crippen molar-refractivity contribution in [1.29, 1.82) is 0 Å². The van der Waals surface area contributed by atoms with Crippen molar-refractivity contribution in [2.75, 3.05) is 0 Å². The van der Waals surface area contributed by atoms with Crippen molar-refractivity contribution < 1.29 is 4.79 Å². The Morgan fingerprint density at radius 2 is 1.90 bits per heavy atom. The number of hydrogen-bond donors (Lipinski definition) is 1. The van der Waals surface area contributed by atoms with Gasteiger partial charge >= 0.3 is 0 Å². The van der Waals surface area contributed by atoms with E-state index in [2.05, 4.69) is 24.4 Å². The molecule has 21 heavy (non-hydrogen) atoms. The molecule has 1 aromatic carbocycles. The van der Waals surface area contributed by atoms with Crippen molar-refractivity contribution in [1.82, 2.24) is 5.32 Å². The van der Waals surface area contributed by atoms with E-state index in [4.69, 9.17) is 23.2 Å². The molecule has 1 unspecified atom stereocenters. The minimum atomic E-state index is -0.0641. The molecule has 0 bridgehead atoms. The smallest absolute Gasteiger partial charge is 0.224 e. The lowest BCUT2D eigenvalue weighted by Crippen LogP contribution is -2.35. The van der Waals surface area contributed by atoms with Gasteiger partial charge in [0, 0.05) is 32.3 Å². The number of hydrogen-bond acceptors (Lipinski definition) is 2. The van der Waals surface area contributed by atoms with Crippen molar-refractivity contribution in [3.63, 3.8) is 0 Å². The van der Waals surface area contributed by atoms with Gasteiger partial charge in [0.2, 0.25) is 5.91 Å². The maximum atomic E-state index is 12.1. The highest BCUT2D eigenvalue weighted by Gasteiger charge is 2.13. The summed E-state index contributed by atoms with van der Waals surface area (Å²) in [6.45, 7) is 4.08. The largest absolute Gasteiger partial charge is 0.353 e. The summed E-state index contributed by atoms with van der Waals surface area (Å²) in [5.74, 6) is -0.0641. The quantitative estimate of drug-likeness (QED) is 0.842. The predicted molar refractivity (Wildman–Crippen MR) is 90.5 cm³/mol. The molecule has 0 aliphatic heterocycles. The number of rotatable bonds is 5. The summed E-state index contributed by atoms with van der Waals surface area (Å²) in [4.78, 5) is 14.7. The van der Waals surface area contributed by atoms with E-state index in [1.807, 2.05) is 6.92 Å². The molecule has 0 radical (unpaired) electrons. The molecule has 2 nitrogen and oxygen atoms in total. The topological polar surface area (TPSA) is 29.1 Å². The Hall–Kier alpha value is -1.03. The average molecular weight is 342 g/mol. The van der Waals surface area contributed by atoms with Gasteiger partial charge in [-0.2, -0.15) is 0 Å². The van der Waals surface area contributed by atoms with E-state index >= 15 is 0 Å². The monoisotopic (exact) mass is 341 g/mol. The van der Waals surface area contributed by atoms with Crippen LogP contribution in [0.3, 0.4) is 0 Å². The SMILES string of the molecule is Cc1ccc(CC(C)NC(=O)Cc2c(Cl)cccc2Cl)s1. The number of thiophene rings is 1. The number of halogens is 2. The predicted octanol–water partition coefficient (Wildman–Crippen LogP) is 4.65. The summed E-state index contributed by atoms with van der Waals surface area (Å²) in [6, 6.07) is 9.54. The Morgan fingerprint density at radius 1 is 1.24 bits per heavy atom. The zero-order valence-electron chi connectivity index (χ0n) is 12.0. The molecule has 1 heterocycles. The first-order chi connectivity index (χ1) is 9.95. The van der Waals surface area contributed by atoms with E-state index in [0.29, 0.717) is 15.6 Å². The van der Waals surface area contributed by atoms with Crippen LogP contribution >= 0.6 is 34.5 Å². The van der Waals surface area contributed by atoms with Gasteiger partial charge in [-0.05, 0) is 43.7 Å². The van der Waals surface area contributed by atoms with Crippen LogP contribution in [0.4, 0.5) is 0 Å². The summed E-state index contributed by atoms with van der Waals surface area (Å²) in [5.41, 5.74) is 0.678. The molecule has 1 N–H and O–H groups in total. The van der Waals surface area contributed by atoms with Gasteiger partial charge in [0.25, 0.3) is 0 Å². The minimum absolute atomic E-state index is 0.0641. The van der Waals surface area contributed by atoms with Gasteiger partial charge in [0.05, 0.1) is 6.42 Å². The molecule has 0 saturated heterocycles. The molecule has 0 aliphatic rings. The van der Waals surface area contributed by atoms with E-state index in [0.717, 1.165) is 6.42 Å². The highest BCUT2D eigenvalue weighted by atomic mass is 35.5. The van der Waals surface area contributed by atoms with Gasteiger partial charge in [0.1, 0.15) is 0 Å². The summed E-state index contributed by atoms with van der Waals surface area (Å²) in [6.07, 6.45) is 1.03. The number of nitrogens with one attached hydrogen (secondary N) is 1. The summed E-state index contributed by atoms with van der Waals surface area (Å²) in [5, 5.41) is 4.05. The zero-order valence-corrected chi connectivity index (χ0v) is 14.3. The average Bonchev–Trinajstić information content (AvgIpc) is 2.79. The highest BCUT2D eigenvalue weighted by Crippen LogP contribution is 2.24. The van der Waals surface area contributed by atoms with Crippen LogP contribution in [0.2, 0.25) is 10.0 Å². The van der Waals surface area contributed by atoms with Gasteiger partial charge in [-0.3, -0.25) is 4.79 Å². The first kappa shape index (κ1) is 16.3. The second kappa shape index (κ2) is 7.30. The third-order valence-electron chi connectivity index (χ3n) is 3.11. The summed E-state index contributed by atoms with van der Waals surface area (Å²) >= 11 is 13.9. The molecule has 0 fully saturated rings. The Balaban J connectivity index is 1.92. The first-order valence-corrected chi connectivity index (χ1v) is 8.30. The molecule has 0 spiro atoms. The molecular weight excluding hydrogens is 325 g/mol. The maximum absolute atomic E-state index is 12.1. The Kier molecular flexibility index (Phi) is 5.68. The normalized spacial score (nSPS) is 12.2. The number of amides is 1. The Morgan fingerprint density at radius 3 is 2.48 bits per heavy atom. The van der Waals surface area contributed by atoms with Gasteiger partial charge in [0.15, 0.2) is 0 Å².